The zero-order valence-electron chi connectivity index (χ0n) is 18.5. The Balaban J connectivity index is 1.92. The molecule has 1 aliphatic carbocycles. The van der Waals surface area contributed by atoms with E-state index in [0.29, 0.717) is 17.7 Å². The molecule has 0 bridgehead atoms. The molecule has 2 aromatic carbocycles. The number of rotatable bonds is 2. The summed E-state index contributed by atoms with van der Waals surface area (Å²) in [4.78, 5) is 0. The molecule has 1 aliphatic heterocycles. The van der Waals surface area contributed by atoms with Gasteiger partial charge in [0.15, 0.2) is 0 Å². The van der Waals surface area contributed by atoms with Gasteiger partial charge in [0.2, 0.25) is 5.88 Å². The number of nitrogens with zero attached hydrogens (tertiary/aromatic N) is 1. The molecule has 4 rings (SSSR count). The maximum atomic E-state index is 14.1. The van der Waals surface area contributed by atoms with Crippen LogP contribution in [0.3, 0.4) is 0 Å². The molecule has 5 heteroatoms. The van der Waals surface area contributed by atoms with Crippen LogP contribution in [-0.2, 0) is 4.74 Å². The Kier molecular flexibility index (Phi) is 5.64. The molecule has 2 aliphatic rings. The number of halogens is 2. The van der Waals surface area contributed by atoms with Crippen LogP contribution in [0.5, 0.6) is 0 Å². The summed E-state index contributed by atoms with van der Waals surface area (Å²) in [5, 5.41) is 9.87. The molecule has 0 radical (unpaired) electrons. The van der Waals surface area contributed by atoms with E-state index >= 15 is 0 Å². The molecule has 3 nitrogen and oxygen atoms in total. The van der Waals surface area contributed by atoms with Gasteiger partial charge in [0.1, 0.15) is 29.0 Å². The van der Waals surface area contributed by atoms with Crippen molar-refractivity contribution in [3.63, 3.8) is 0 Å². The van der Waals surface area contributed by atoms with Crippen molar-refractivity contribution in [1.82, 2.24) is 0 Å². The molecular formula is C27H26F2N2O. The molecule has 0 aromatic heterocycles. The third kappa shape index (κ3) is 4.18. The van der Waals surface area contributed by atoms with Gasteiger partial charge in [-0.15, -0.1) is 0 Å². The molecule has 0 fully saturated rings. The van der Waals surface area contributed by atoms with Crippen molar-refractivity contribution in [3.8, 4) is 6.07 Å². The van der Waals surface area contributed by atoms with E-state index in [-0.39, 0.29) is 34.4 Å². The summed E-state index contributed by atoms with van der Waals surface area (Å²) in [5.74, 6) is -0.281. The molecule has 164 valence electrons. The van der Waals surface area contributed by atoms with Gasteiger partial charge in [-0.05, 0) is 76.8 Å². The first kappa shape index (κ1) is 21.8. The molecule has 0 amide bonds. The second-order valence-corrected chi connectivity index (χ2v) is 9.53. The number of ether oxygens (including phenoxy) is 1. The van der Waals surface area contributed by atoms with E-state index in [1.165, 1.54) is 24.3 Å². The Morgan fingerprint density at radius 3 is 2.38 bits per heavy atom. The highest BCUT2D eigenvalue weighted by Crippen LogP contribution is 2.51. The first-order chi connectivity index (χ1) is 15.2. The van der Waals surface area contributed by atoms with Crippen LogP contribution in [0, 0.1) is 34.3 Å². The third-order valence-electron chi connectivity index (χ3n) is 6.35. The molecular weight excluding hydrogens is 406 g/mol. The normalized spacial score (nSPS) is 22.4. The first-order valence-corrected chi connectivity index (χ1v) is 10.7. The van der Waals surface area contributed by atoms with E-state index in [1.54, 1.807) is 12.1 Å². The van der Waals surface area contributed by atoms with Crippen molar-refractivity contribution in [1.29, 1.82) is 5.26 Å². The average molecular weight is 433 g/mol. The summed E-state index contributed by atoms with van der Waals surface area (Å²) in [7, 11) is 0. The van der Waals surface area contributed by atoms with Crippen LogP contribution in [0.4, 0.5) is 8.78 Å². The van der Waals surface area contributed by atoms with Crippen LogP contribution in [-0.4, -0.2) is 0 Å². The van der Waals surface area contributed by atoms with Gasteiger partial charge in [0.05, 0.1) is 0 Å². The molecule has 2 N–H and O–H groups in total. The summed E-state index contributed by atoms with van der Waals surface area (Å²) in [6.07, 6.45) is 3.34. The fraction of sp³-hybridized carbons (Fsp3) is 0.296. The van der Waals surface area contributed by atoms with E-state index in [2.05, 4.69) is 26.8 Å². The van der Waals surface area contributed by atoms with Crippen molar-refractivity contribution in [2.75, 3.05) is 0 Å². The SMILES string of the molecule is CC(C)(C)[C@H]1CC2=C(OC(N)=C(C#N)[C@@H]2c2cccc(F)c2)/C(=C/c2cccc(F)c2)C1. The zero-order valence-corrected chi connectivity index (χ0v) is 18.5. The predicted molar refractivity (Wildman–Crippen MR) is 121 cm³/mol. The van der Waals surface area contributed by atoms with Gasteiger partial charge in [-0.25, -0.2) is 8.78 Å². The lowest BCUT2D eigenvalue weighted by molar-refractivity contribution is 0.200. The van der Waals surface area contributed by atoms with Crippen LogP contribution < -0.4 is 5.73 Å². The van der Waals surface area contributed by atoms with Gasteiger partial charge >= 0.3 is 0 Å². The Morgan fingerprint density at radius 1 is 1.06 bits per heavy atom. The van der Waals surface area contributed by atoms with Crippen molar-refractivity contribution < 1.29 is 13.5 Å². The molecule has 0 spiro atoms. The van der Waals surface area contributed by atoms with Gasteiger partial charge in [0.25, 0.3) is 0 Å². The highest BCUT2D eigenvalue weighted by Gasteiger charge is 2.41. The molecule has 2 aromatic rings. The number of allylic oxidation sites excluding steroid dienone is 3. The number of nitriles is 1. The Hall–Kier alpha value is -3.39. The van der Waals surface area contributed by atoms with Gasteiger partial charge in [-0.3, -0.25) is 0 Å². The summed E-state index contributed by atoms with van der Waals surface area (Å²) in [5.41, 5.74) is 9.65. The van der Waals surface area contributed by atoms with Crippen LogP contribution in [0.1, 0.15) is 50.7 Å². The maximum Gasteiger partial charge on any atom is 0.205 e. The second kappa shape index (κ2) is 8.27. The fourth-order valence-electron chi connectivity index (χ4n) is 4.56. The van der Waals surface area contributed by atoms with E-state index in [0.717, 1.165) is 23.1 Å². The number of benzene rings is 2. The summed E-state index contributed by atoms with van der Waals surface area (Å²) in [6, 6.07) is 14.8. The smallest absolute Gasteiger partial charge is 0.205 e. The Morgan fingerprint density at radius 2 is 1.75 bits per heavy atom. The van der Waals surface area contributed by atoms with E-state index in [1.807, 2.05) is 18.2 Å². The largest absolute Gasteiger partial charge is 0.440 e. The topological polar surface area (TPSA) is 59.0 Å². The molecule has 0 saturated carbocycles. The van der Waals surface area contributed by atoms with Crippen molar-refractivity contribution >= 4 is 6.08 Å². The number of nitrogens with two attached hydrogens (primary N) is 1. The first-order valence-electron chi connectivity index (χ1n) is 10.7. The molecule has 1 heterocycles. The number of hydrogen-bond donors (Lipinski definition) is 1. The summed E-state index contributed by atoms with van der Waals surface area (Å²) in [6.45, 7) is 6.54. The van der Waals surface area contributed by atoms with Crippen LogP contribution in [0.25, 0.3) is 6.08 Å². The minimum Gasteiger partial charge on any atom is -0.440 e. The fourth-order valence-corrected chi connectivity index (χ4v) is 4.56. The molecule has 2 atom stereocenters. The second-order valence-electron chi connectivity index (χ2n) is 9.53. The summed E-state index contributed by atoms with van der Waals surface area (Å²) < 4.78 is 34.0. The standard InChI is InChI=1S/C27H26F2N2O/c1-27(2,3)19-12-18(10-16-6-4-8-20(28)11-16)25-22(14-19)24(23(15-30)26(31)32-25)17-7-5-9-21(29)13-17/h4-11,13,19,24H,12,14,31H2,1-3H3/b18-10+/t19-,24-/m1/s1. The third-order valence-corrected chi connectivity index (χ3v) is 6.35. The monoisotopic (exact) mass is 432 g/mol. The number of hydrogen-bond acceptors (Lipinski definition) is 3. The van der Waals surface area contributed by atoms with Gasteiger partial charge < -0.3 is 10.5 Å². The highest BCUT2D eigenvalue weighted by molar-refractivity contribution is 5.62. The lowest BCUT2D eigenvalue weighted by atomic mass is 9.66. The van der Waals surface area contributed by atoms with Crippen LogP contribution in [0.2, 0.25) is 0 Å². The quantitative estimate of drug-likeness (QED) is 0.584. The minimum atomic E-state index is -0.486. The van der Waals surface area contributed by atoms with Crippen LogP contribution in [0.15, 0.2) is 76.9 Å². The predicted octanol–water partition coefficient (Wildman–Crippen LogP) is 6.57. The Labute approximate surface area is 187 Å². The minimum absolute atomic E-state index is 0.0223. The zero-order chi connectivity index (χ0) is 23.0. The van der Waals surface area contributed by atoms with Crippen LogP contribution >= 0.6 is 0 Å². The van der Waals surface area contributed by atoms with E-state index < -0.39 is 5.92 Å². The lowest BCUT2D eigenvalue weighted by Gasteiger charge is -2.41. The van der Waals surface area contributed by atoms with Gasteiger partial charge in [-0.1, -0.05) is 45.0 Å². The Bertz CT molecular complexity index is 1190. The van der Waals surface area contributed by atoms with Crippen molar-refractivity contribution in [3.05, 3.63) is 99.7 Å². The van der Waals surface area contributed by atoms with E-state index in [9.17, 15) is 14.0 Å². The highest BCUT2D eigenvalue weighted by atomic mass is 19.1. The van der Waals surface area contributed by atoms with Crippen molar-refractivity contribution in [2.24, 2.45) is 17.1 Å². The van der Waals surface area contributed by atoms with Gasteiger partial charge in [-0.2, -0.15) is 5.26 Å². The molecule has 0 saturated heterocycles. The van der Waals surface area contributed by atoms with Gasteiger partial charge in [0, 0.05) is 5.92 Å². The molecule has 0 unspecified atom stereocenters. The van der Waals surface area contributed by atoms with E-state index in [4.69, 9.17) is 10.5 Å². The average Bonchev–Trinajstić information content (AvgIpc) is 2.72. The molecule has 32 heavy (non-hydrogen) atoms. The lowest BCUT2D eigenvalue weighted by Crippen LogP contribution is -2.31. The van der Waals surface area contributed by atoms with Crippen molar-refractivity contribution in [2.45, 2.75) is 39.5 Å². The summed E-state index contributed by atoms with van der Waals surface area (Å²) >= 11 is 0. The maximum absolute atomic E-state index is 14.1.